The van der Waals surface area contributed by atoms with Crippen LogP contribution in [0.2, 0.25) is 0 Å². The number of carbonyl (C=O) groups excluding carboxylic acids is 1. The number of carbonyl (C=O) groups is 1. The van der Waals surface area contributed by atoms with E-state index < -0.39 is 0 Å². The minimum Gasteiger partial charge on any atom is -0.396 e. The Hall–Kier alpha value is -1.66. The molecule has 0 bridgehead atoms. The quantitative estimate of drug-likeness (QED) is 0.837. The van der Waals surface area contributed by atoms with Crippen LogP contribution in [0.3, 0.4) is 0 Å². The molecule has 2 aliphatic rings. The van der Waals surface area contributed by atoms with Crippen molar-refractivity contribution in [2.24, 2.45) is 5.41 Å². The van der Waals surface area contributed by atoms with E-state index in [0.29, 0.717) is 24.5 Å². The summed E-state index contributed by atoms with van der Waals surface area (Å²) in [5, 5.41) is 9.93. The molecule has 0 aromatic carbocycles. The number of aliphatic hydroxyl groups is 1. The lowest BCUT2D eigenvalue weighted by atomic mass is 9.69. The van der Waals surface area contributed by atoms with E-state index in [1.54, 1.807) is 6.92 Å². The van der Waals surface area contributed by atoms with Gasteiger partial charge in [0.05, 0.1) is 6.61 Å². The fraction of sp³-hybridized carbons (Fsp3) is 0.647. The van der Waals surface area contributed by atoms with Crippen molar-refractivity contribution in [1.29, 1.82) is 0 Å². The first-order valence-corrected chi connectivity index (χ1v) is 8.26. The first kappa shape index (κ1) is 16.2. The van der Waals surface area contributed by atoms with Gasteiger partial charge < -0.3 is 19.9 Å². The van der Waals surface area contributed by atoms with E-state index in [0.717, 1.165) is 25.8 Å². The number of amides is 1. The maximum atomic E-state index is 12.8. The zero-order chi connectivity index (χ0) is 16.6. The number of likely N-dealkylation sites (N-methyl/N-ethyl adjacent to an activating group) is 1. The topological polar surface area (TPSA) is 76.6 Å². The monoisotopic (exact) mass is 319 g/mol. The maximum Gasteiger partial charge on any atom is 0.270 e. The van der Waals surface area contributed by atoms with Gasteiger partial charge in [-0.25, -0.2) is 0 Å². The number of pyridine rings is 1. The number of nitrogens with zero attached hydrogens (tertiary/aromatic N) is 2. The van der Waals surface area contributed by atoms with Gasteiger partial charge in [0.1, 0.15) is 5.69 Å². The molecule has 0 spiro atoms. The fourth-order valence-corrected chi connectivity index (χ4v) is 4.17. The summed E-state index contributed by atoms with van der Waals surface area (Å²) in [6.07, 6.45) is 2.91. The molecule has 2 N–H and O–H groups in total. The summed E-state index contributed by atoms with van der Waals surface area (Å²) in [4.78, 5) is 31.5. The zero-order valence-electron chi connectivity index (χ0n) is 13.8. The predicted molar refractivity (Wildman–Crippen MR) is 87.5 cm³/mol. The van der Waals surface area contributed by atoms with Crippen LogP contribution in [0, 0.1) is 12.3 Å². The molecule has 2 fully saturated rings. The molecule has 0 radical (unpaired) electrons. The molecule has 1 aromatic heterocycles. The molecule has 0 saturated carbocycles. The average Bonchev–Trinajstić information content (AvgIpc) is 2.53. The van der Waals surface area contributed by atoms with Gasteiger partial charge >= 0.3 is 0 Å². The molecule has 126 valence electrons. The number of nitrogens with one attached hydrogen (secondary N) is 1. The van der Waals surface area contributed by atoms with Crippen molar-refractivity contribution in [1.82, 2.24) is 14.8 Å². The van der Waals surface area contributed by atoms with Gasteiger partial charge in [0.15, 0.2) is 5.43 Å². The molecule has 2 atom stereocenters. The van der Waals surface area contributed by atoms with Gasteiger partial charge in [-0.1, -0.05) is 0 Å². The van der Waals surface area contributed by atoms with E-state index >= 15 is 0 Å². The zero-order valence-corrected chi connectivity index (χ0v) is 13.8. The van der Waals surface area contributed by atoms with Crippen LogP contribution in [0.5, 0.6) is 0 Å². The number of aromatic nitrogens is 1. The Kier molecular flexibility index (Phi) is 4.29. The van der Waals surface area contributed by atoms with Gasteiger partial charge in [0, 0.05) is 42.4 Å². The highest BCUT2D eigenvalue weighted by molar-refractivity contribution is 5.92. The van der Waals surface area contributed by atoms with Crippen LogP contribution in [0.4, 0.5) is 0 Å². The smallest absolute Gasteiger partial charge is 0.270 e. The summed E-state index contributed by atoms with van der Waals surface area (Å²) in [6, 6.07) is 3.03. The number of likely N-dealkylation sites (tertiary alicyclic amines) is 2. The van der Waals surface area contributed by atoms with Crippen molar-refractivity contribution in [3.8, 4) is 0 Å². The summed E-state index contributed by atoms with van der Waals surface area (Å²) >= 11 is 0. The number of aryl methyl sites for hydroxylation is 1. The van der Waals surface area contributed by atoms with E-state index in [9.17, 15) is 14.7 Å². The summed E-state index contributed by atoms with van der Waals surface area (Å²) in [5.74, 6) is -0.128. The summed E-state index contributed by atoms with van der Waals surface area (Å²) in [6.45, 7) is 4.17. The lowest BCUT2D eigenvalue weighted by molar-refractivity contribution is -0.0602. The second-order valence-corrected chi connectivity index (χ2v) is 7.03. The molecule has 2 aliphatic heterocycles. The van der Waals surface area contributed by atoms with Crippen molar-refractivity contribution in [2.75, 3.05) is 33.3 Å². The second kappa shape index (κ2) is 6.09. The Morgan fingerprint density at radius 3 is 2.87 bits per heavy atom. The molecule has 1 amide bonds. The van der Waals surface area contributed by atoms with Crippen molar-refractivity contribution in [3.63, 3.8) is 0 Å². The summed E-state index contributed by atoms with van der Waals surface area (Å²) < 4.78 is 0. The molecular formula is C17H25N3O3. The number of hydrogen-bond donors (Lipinski definition) is 2. The fourth-order valence-electron chi connectivity index (χ4n) is 4.17. The third-order valence-corrected chi connectivity index (χ3v) is 5.51. The normalized spacial score (nSPS) is 28.5. The molecule has 6 heteroatoms. The number of hydrogen-bond acceptors (Lipinski definition) is 4. The average molecular weight is 319 g/mol. The molecule has 0 unspecified atom stereocenters. The number of fused-ring (bicyclic) bond motifs is 1. The largest absolute Gasteiger partial charge is 0.396 e. The molecule has 0 aliphatic carbocycles. The highest BCUT2D eigenvalue weighted by Gasteiger charge is 2.47. The van der Waals surface area contributed by atoms with Crippen LogP contribution in [0.25, 0.3) is 0 Å². The SMILES string of the molecule is Cc1cc(=O)cc(C(=O)N2CC[C@@]3(CO)CCCN(C)[C@@H]3C2)[nH]1. The Morgan fingerprint density at radius 2 is 2.17 bits per heavy atom. The van der Waals surface area contributed by atoms with Gasteiger partial charge in [-0.2, -0.15) is 0 Å². The Bertz CT molecular complexity index is 657. The van der Waals surface area contributed by atoms with Gasteiger partial charge in [-0.15, -0.1) is 0 Å². The van der Waals surface area contributed by atoms with Gasteiger partial charge in [-0.3, -0.25) is 9.59 Å². The van der Waals surface area contributed by atoms with Crippen molar-refractivity contribution in [2.45, 2.75) is 32.2 Å². The van der Waals surface area contributed by atoms with E-state index in [2.05, 4.69) is 16.9 Å². The number of piperidine rings is 2. The van der Waals surface area contributed by atoms with Gasteiger partial charge in [0.2, 0.25) is 0 Å². The Morgan fingerprint density at radius 1 is 1.39 bits per heavy atom. The molecule has 3 heterocycles. The van der Waals surface area contributed by atoms with Crippen molar-refractivity contribution < 1.29 is 9.90 Å². The third-order valence-electron chi connectivity index (χ3n) is 5.51. The highest BCUT2D eigenvalue weighted by atomic mass is 16.3. The molecule has 6 nitrogen and oxygen atoms in total. The Balaban J connectivity index is 1.82. The molecule has 1 aromatic rings. The van der Waals surface area contributed by atoms with E-state index in [4.69, 9.17) is 0 Å². The lowest BCUT2D eigenvalue weighted by Crippen LogP contribution is -2.62. The number of aromatic amines is 1. The minimum absolute atomic E-state index is 0.0935. The Labute approximate surface area is 136 Å². The molecule has 23 heavy (non-hydrogen) atoms. The number of H-pyrrole nitrogens is 1. The van der Waals surface area contributed by atoms with Crippen LogP contribution >= 0.6 is 0 Å². The second-order valence-electron chi connectivity index (χ2n) is 7.03. The van der Waals surface area contributed by atoms with Gasteiger partial charge in [0.25, 0.3) is 5.91 Å². The van der Waals surface area contributed by atoms with Crippen LogP contribution < -0.4 is 5.43 Å². The third kappa shape index (κ3) is 2.93. The van der Waals surface area contributed by atoms with Crippen LogP contribution in [0.1, 0.15) is 35.4 Å². The van der Waals surface area contributed by atoms with Crippen molar-refractivity contribution in [3.05, 3.63) is 33.7 Å². The first-order valence-electron chi connectivity index (χ1n) is 8.26. The first-order chi connectivity index (χ1) is 10.9. The summed E-state index contributed by atoms with van der Waals surface area (Å²) in [7, 11) is 2.07. The maximum absolute atomic E-state index is 12.8. The van der Waals surface area contributed by atoms with E-state index in [1.165, 1.54) is 12.1 Å². The molecule has 2 saturated heterocycles. The molecular weight excluding hydrogens is 294 g/mol. The number of aliphatic hydroxyl groups excluding tert-OH is 1. The van der Waals surface area contributed by atoms with Crippen LogP contribution in [-0.4, -0.2) is 65.1 Å². The number of rotatable bonds is 2. The van der Waals surface area contributed by atoms with Crippen molar-refractivity contribution >= 4 is 5.91 Å². The van der Waals surface area contributed by atoms with E-state index in [1.807, 2.05) is 4.90 Å². The molecule has 3 rings (SSSR count). The lowest BCUT2D eigenvalue weighted by Gasteiger charge is -2.53. The minimum atomic E-state index is -0.152. The predicted octanol–water partition coefficient (Wildman–Crippen LogP) is 0.602. The highest BCUT2D eigenvalue weighted by Crippen LogP contribution is 2.41. The van der Waals surface area contributed by atoms with Crippen LogP contribution in [0.15, 0.2) is 16.9 Å². The van der Waals surface area contributed by atoms with E-state index in [-0.39, 0.29) is 29.4 Å². The summed E-state index contributed by atoms with van der Waals surface area (Å²) in [5.41, 5.74) is 0.799. The van der Waals surface area contributed by atoms with Gasteiger partial charge in [-0.05, 0) is 39.8 Å². The van der Waals surface area contributed by atoms with Crippen LogP contribution in [-0.2, 0) is 0 Å². The standard InChI is InChI=1S/C17H25N3O3/c1-12-8-13(22)9-14(18-12)16(23)20-7-5-17(11-21)4-3-6-19(2)15(17)10-20/h8-9,15,21H,3-7,10-11H2,1-2H3,(H,18,22)/t15-,17-/m1/s1.